The largest absolute Gasteiger partial charge is 0.327 e. The van der Waals surface area contributed by atoms with E-state index >= 15 is 0 Å². The molecule has 2 N–H and O–H groups in total. The van der Waals surface area contributed by atoms with Gasteiger partial charge < -0.3 is 5.73 Å². The van der Waals surface area contributed by atoms with Crippen molar-refractivity contribution in [1.82, 2.24) is 9.78 Å². The van der Waals surface area contributed by atoms with Gasteiger partial charge in [0.15, 0.2) is 0 Å². The maximum atomic E-state index is 5.66. The zero-order valence-corrected chi connectivity index (χ0v) is 9.27. The van der Waals surface area contributed by atoms with Gasteiger partial charge in [-0.15, -0.1) is 0 Å². The van der Waals surface area contributed by atoms with Crippen LogP contribution in [0.2, 0.25) is 0 Å². The second kappa shape index (κ2) is 4.67. The van der Waals surface area contributed by atoms with E-state index in [1.165, 1.54) is 5.69 Å². The van der Waals surface area contributed by atoms with E-state index < -0.39 is 0 Å². The molecular formula is C9H17N3S. The Balaban J connectivity index is 2.40. The molecule has 1 unspecified atom stereocenters. The van der Waals surface area contributed by atoms with Crippen LogP contribution < -0.4 is 5.73 Å². The first-order valence-corrected chi connectivity index (χ1v) is 5.58. The Morgan fingerprint density at radius 1 is 1.69 bits per heavy atom. The van der Waals surface area contributed by atoms with Gasteiger partial charge in [0.25, 0.3) is 0 Å². The Morgan fingerprint density at radius 3 is 2.85 bits per heavy atom. The number of hydrogen-bond donors (Lipinski definition) is 1. The number of nitrogens with zero attached hydrogens (tertiary/aromatic N) is 2. The summed E-state index contributed by atoms with van der Waals surface area (Å²) in [6.45, 7) is 4.04. The average Bonchev–Trinajstić information content (AvgIpc) is 2.29. The Labute approximate surface area is 83.7 Å². The fourth-order valence-corrected chi connectivity index (χ4v) is 2.12. The molecule has 1 aromatic heterocycles. The van der Waals surface area contributed by atoms with Crippen molar-refractivity contribution in [3.05, 3.63) is 17.5 Å². The van der Waals surface area contributed by atoms with Crippen molar-refractivity contribution in [2.45, 2.75) is 25.6 Å². The maximum Gasteiger partial charge on any atom is 0.0596 e. The average molecular weight is 199 g/mol. The fraction of sp³-hybridized carbons (Fsp3) is 0.667. The lowest BCUT2D eigenvalue weighted by molar-refractivity contribution is 0.727. The zero-order chi connectivity index (χ0) is 9.84. The SMILES string of the molecule is Cc1cc(CSCC(C)N)n(C)n1. The number of aryl methyl sites for hydroxylation is 2. The van der Waals surface area contributed by atoms with Crippen LogP contribution in [0.3, 0.4) is 0 Å². The third-order valence-electron chi connectivity index (χ3n) is 1.73. The van der Waals surface area contributed by atoms with E-state index in [0.29, 0.717) is 0 Å². The van der Waals surface area contributed by atoms with Gasteiger partial charge >= 0.3 is 0 Å². The second-order valence-electron chi connectivity index (χ2n) is 3.39. The minimum absolute atomic E-state index is 0.277. The van der Waals surface area contributed by atoms with Crippen molar-refractivity contribution < 1.29 is 0 Å². The van der Waals surface area contributed by atoms with Gasteiger partial charge in [-0.3, -0.25) is 4.68 Å². The first-order chi connectivity index (χ1) is 6.09. The molecule has 0 aliphatic carbocycles. The van der Waals surface area contributed by atoms with Crippen molar-refractivity contribution in [2.24, 2.45) is 12.8 Å². The van der Waals surface area contributed by atoms with Gasteiger partial charge in [0.2, 0.25) is 0 Å². The summed E-state index contributed by atoms with van der Waals surface area (Å²) >= 11 is 1.86. The second-order valence-corrected chi connectivity index (χ2v) is 4.42. The van der Waals surface area contributed by atoms with Crippen molar-refractivity contribution in [2.75, 3.05) is 5.75 Å². The molecule has 13 heavy (non-hydrogen) atoms. The van der Waals surface area contributed by atoms with Gasteiger partial charge in [0, 0.05) is 30.3 Å². The molecule has 0 radical (unpaired) electrons. The van der Waals surface area contributed by atoms with E-state index in [-0.39, 0.29) is 6.04 Å². The Hall–Kier alpha value is -0.480. The van der Waals surface area contributed by atoms with E-state index in [0.717, 1.165) is 17.2 Å². The summed E-state index contributed by atoms with van der Waals surface area (Å²) in [6, 6.07) is 2.40. The molecule has 1 atom stereocenters. The van der Waals surface area contributed by atoms with Gasteiger partial charge in [-0.2, -0.15) is 16.9 Å². The normalized spacial score (nSPS) is 13.2. The van der Waals surface area contributed by atoms with Crippen molar-refractivity contribution in [1.29, 1.82) is 0 Å². The minimum atomic E-state index is 0.277. The Morgan fingerprint density at radius 2 is 2.38 bits per heavy atom. The Kier molecular flexibility index (Phi) is 3.81. The van der Waals surface area contributed by atoms with Gasteiger partial charge in [-0.05, 0) is 19.9 Å². The summed E-state index contributed by atoms with van der Waals surface area (Å²) in [7, 11) is 1.98. The smallest absolute Gasteiger partial charge is 0.0596 e. The summed E-state index contributed by atoms with van der Waals surface area (Å²) in [5.41, 5.74) is 8.01. The summed E-state index contributed by atoms with van der Waals surface area (Å²) < 4.78 is 1.93. The standard InChI is InChI=1S/C9H17N3S/c1-7(10)5-13-6-9-4-8(2)11-12(9)3/h4,7H,5-6,10H2,1-3H3. The van der Waals surface area contributed by atoms with Crippen LogP contribution >= 0.6 is 11.8 Å². The van der Waals surface area contributed by atoms with E-state index in [1.807, 2.05) is 37.3 Å². The van der Waals surface area contributed by atoms with Crippen LogP contribution in [0.4, 0.5) is 0 Å². The van der Waals surface area contributed by atoms with Crippen LogP contribution in [0.15, 0.2) is 6.07 Å². The molecular weight excluding hydrogens is 182 g/mol. The predicted octanol–water partition coefficient (Wildman–Crippen LogP) is 1.31. The van der Waals surface area contributed by atoms with E-state index in [1.54, 1.807) is 0 Å². The first-order valence-electron chi connectivity index (χ1n) is 4.42. The number of rotatable bonds is 4. The first kappa shape index (κ1) is 10.6. The van der Waals surface area contributed by atoms with Gasteiger partial charge in [-0.25, -0.2) is 0 Å². The molecule has 4 heteroatoms. The number of aromatic nitrogens is 2. The van der Waals surface area contributed by atoms with Crippen molar-refractivity contribution in [3.8, 4) is 0 Å². The molecule has 0 spiro atoms. The molecule has 0 fully saturated rings. The van der Waals surface area contributed by atoms with Gasteiger partial charge in [-0.1, -0.05) is 0 Å². The zero-order valence-electron chi connectivity index (χ0n) is 8.45. The van der Waals surface area contributed by atoms with E-state index in [9.17, 15) is 0 Å². The third kappa shape index (κ3) is 3.40. The van der Waals surface area contributed by atoms with E-state index in [4.69, 9.17) is 5.73 Å². The van der Waals surface area contributed by atoms with Crippen molar-refractivity contribution >= 4 is 11.8 Å². The summed E-state index contributed by atoms with van der Waals surface area (Å²) in [4.78, 5) is 0. The molecule has 3 nitrogen and oxygen atoms in total. The highest BCUT2D eigenvalue weighted by atomic mass is 32.2. The molecule has 0 amide bonds. The molecule has 0 bridgehead atoms. The Bertz CT molecular complexity index is 268. The van der Waals surface area contributed by atoms with Crippen LogP contribution in [0.1, 0.15) is 18.3 Å². The molecule has 74 valence electrons. The molecule has 1 rings (SSSR count). The number of thioether (sulfide) groups is 1. The molecule has 1 aromatic rings. The van der Waals surface area contributed by atoms with Crippen molar-refractivity contribution in [3.63, 3.8) is 0 Å². The minimum Gasteiger partial charge on any atom is -0.327 e. The molecule has 0 saturated heterocycles. The molecule has 1 heterocycles. The quantitative estimate of drug-likeness (QED) is 0.795. The highest BCUT2D eigenvalue weighted by Gasteiger charge is 2.02. The highest BCUT2D eigenvalue weighted by molar-refractivity contribution is 7.98. The highest BCUT2D eigenvalue weighted by Crippen LogP contribution is 2.12. The third-order valence-corrected chi connectivity index (χ3v) is 2.99. The van der Waals surface area contributed by atoms with Crippen LogP contribution in [-0.2, 0) is 12.8 Å². The van der Waals surface area contributed by atoms with Gasteiger partial charge in [0.1, 0.15) is 0 Å². The van der Waals surface area contributed by atoms with Crippen LogP contribution in [-0.4, -0.2) is 21.6 Å². The lowest BCUT2D eigenvalue weighted by atomic mass is 10.4. The molecule has 0 aromatic carbocycles. The van der Waals surface area contributed by atoms with Gasteiger partial charge in [0.05, 0.1) is 5.69 Å². The molecule has 0 saturated carbocycles. The molecule has 0 aliphatic heterocycles. The molecule has 0 aliphatic rings. The fourth-order valence-electron chi connectivity index (χ4n) is 1.15. The summed E-state index contributed by atoms with van der Waals surface area (Å²) in [6.07, 6.45) is 0. The number of nitrogens with two attached hydrogens (primary N) is 1. The van der Waals surface area contributed by atoms with E-state index in [2.05, 4.69) is 11.2 Å². The summed E-state index contributed by atoms with van der Waals surface area (Å²) in [5.74, 6) is 2.00. The predicted molar refractivity (Wildman–Crippen MR) is 57.8 cm³/mol. The lowest BCUT2D eigenvalue weighted by Gasteiger charge is -2.04. The topological polar surface area (TPSA) is 43.8 Å². The summed E-state index contributed by atoms with van der Waals surface area (Å²) in [5, 5.41) is 4.28. The maximum absolute atomic E-state index is 5.66. The lowest BCUT2D eigenvalue weighted by Crippen LogP contribution is -2.17. The van der Waals surface area contributed by atoms with Crippen LogP contribution in [0.25, 0.3) is 0 Å². The number of hydrogen-bond acceptors (Lipinski definition) is 3. The monoisotopic (exact) mass is 199 g/mol. The van der Waals surface area contributed by atoms with Crippen LogP contribution in [0, 0.1) is 6.92 Å². The van der Waals surface area contributed by atoms with Crippen LogP contribution in [0.5, 0.6) is 0 Å².